The first-order valence-corrected chi connectivity index (χ1v) is 12.3. The Kier molecular flexibility index (Phi) is 8.10. The zero-order chi connectivity index (χ0) is 21.2. The molecule has 30 heavy (non-hydrogen) atoms. The number of rotatable bonds is 12. The fourth-order valence-corrected chi connectivity index (χ4v) is 3.99. The van der Waals surface area contributed by atoms with Crippen LogP contribution in [0.2, 0.25) is 0 Å². The van der Waals surface area contributed by atoms with Gasteiger partial charge in [0, 0.05) is 12.1 Å². The van der Waals surface area contributed by atoms with Crippen LogP contribution in [-0.4, -0.2) is 41.8 Å². The van der Waals surface area contributed by atoms with Crippen LogP contribution in [-0.2, 0) is 16.4 Å². The number of unbranched alkanes of at least 4 members (excludes halogenated alkanes) is 5. The zero-order valence-corrected chi connectivity index (χ0v) is 18.2. The molecule has 1 heterocycles. The summed E-state index contributed by atoms with van der Waals surface area (Å²) in [6, 6.07) is 16.8. The largest absolute Gasteiger partial charge is 0.215 e. The minimum Gasteiger partial charge on any atom is -0.215 e. The van der Waals surface area contributed by atoms with Crippen molar-refractivity contribution in [1.82, 2.24) is 25.3 Å². The van der Waals surface area contributed by atoms with Gasteiger partial charge in [0.15, 0.2) is 0 Å². The monoisotopic (exact) mass is 427 g/mol. The molecule has 0 radical (unpaired) electrons. The summed E-state index contributed by atoms with van der Waals surface area (Å²) in [5, 5.41) is 14.4. The molecule has 3 aromatic rings. The summed E-state index contributed by atoms with van der Waals surface area (Å²) in [6.45, 7) is 0.543. The number of aromatic nitrogens is 4. The summed E-state index contributed by atoms with van der Waals surface area (Å²) in [4.78, 5) is 0. The molecule has 0 spiro atoms. The fourth-order valence-electron chi connectivity index (χ4n) is 3.48. The number of benzene rings is 2. The molecule has 0 aliphatic heterocycles. The average Bonchev–Trinajstić information content (AvgIpc) is 3.27. The third-order valence-electron chi connectivity index (χ3n) is 5.03. The van der Waals surface area contributed by atoms with Gasteiger partial charge in [-0.15, -0.1) is 10.2 Å². The molecule has 0 atom stereocenters. The minimum atomic E-state index is -3.05. The predicted molar refractivity (Wildman–Crippen MR) is 119 cm³/mol. The Morgan fingerprint density at radius 2 is 1.53 bits per heavy atom. The Hall–Kier alpha value is -2.58. The number of aryl methyl sites for hydroxylation is 1. The van der Waals surface area contributed by atoms with Gasteiger partial charge in [-0.1, -0.05) is 74.2 Å². The molecular formula is C22H29N5O2S. The van der Waals surface area contributed by atoms with Crippen molar-refractivity contribution in [3.63, 3.8) is 0 Å². The van der Waals surface area contributed by atoms with Gasteiger partial charge in [-0.25, -0.2) is 13.1 Å². The predicted octanol–water partition coefficient (Wildman–Crippen LogP) is 3.97. The molecule has 0 unspecified atom stereocenters. The lowest BCUT2D eigenvalue weighted by Gasteiger charge is -2.08. The number of nitrogens with one attached hydrogen (secondary N) is 2. The van der Waals surface area contributed by atoms with Crippen LogP contribution in [0.5, 0.6) is 0 Å². The topological polar surface area (TPSA) is 101 Å². The van der Waals surface area contributed by atoms with E-state index in [1.54, 1.807) is 0 Å². The van der Waals surface area contributed by atoms with Crippen molar-refractivity contribution < 1.29 is 8.42 Å². The van der Waals surface area contributed by atoms with Crippen molar-refractivity contribution in [2.75, 3.05) is 12.8 Å². The number of aromatic amines is 1. The molecule has 7 nitrogen and oxygen atoms in total. The van der Waals surface area contributed by atoms with Crippen molar-refractivity contribution in [3.8, 4) is 22.5 Å². The number of H-pyrrole nitrogens is 1. The van der Waals surface area contributed by atoms with Gasteiger partial charge in [0.25, 0.3) is 0 Å². The van der Waals surface area contributed by atoms with Crippen molar-refractivity contribution in [2.45, 2.75) is 44.9 Å². The third kappa shape index (κ3) is 7.03. The van der Waals surface area contributed by atoms with Crippen LogP contribution in [0, 0.1) is 0 Å². The first-order chi connectivity index (χ1) is 14.5. The molecule has 0 amide bonds. The van der Waals surface area contributed by atoms with Gasteiger partial charge in [-0.3, -0.25) is 0 Å². The number of tetrazole rings is 1. The second kappa shape index (κ2) is 11.0. The molecule has 160 valence electrons. The molecular weight excluding hydrogens is 398 g/mol. The van der Waals surface area contributed by atoms with Gasteiger partial charge in [0.1, 0.15) is 0 Å². The highest BCUT2D eigenvalue weighted by Gasteiger charge is 2.10. The average molecular weight is 428 g/mol. The van der Waals surface area contributed by atoms with E-state index in [9.17, 15) is 8.42 Å². The Labute approximate surface area is 178 Å². The van der Waals surface area contributed by atoms with Crippen molar-refractivity contribution in [2.24, 2.45) is 0 Å². The maximum absolute atomic E-state index is 11.0. The van der Waals surface area contributed by atoms with E-state index >= 15 is 0 Å². The molecule has 8 heteroatoms. The van der Waals surface area contributed by atoms with Gasteiger partial charge in [-0.2, -0.15) is 5.21 Å². The van der Waals surface area contributed by atoms with Crippen molar-refractivity contribution in [3.05, 3.63) is 54.1 Å². The van der Waals surface area contributed by atoms with Gasteiger partial charge >= 0.3 is 0 Å². The van der Waals surface area contributed by atoms with Gasteiger partial charge in [0.2, 0.25) is 15.8 Å². The Bertz CT molecular complexity index is 1000. The van der Waals surface area contributed by atoms with Gasteiger partial charge < -0.3 is 0 Å². The normalized spacial score (nSPS) is 11.6. The highest BCUT2D eigenvalue weighted by Crippen LogP contribution is 2.29. The van der Waals surface area contributed by atoms with E-state index in [1.807, 2.05) is 18.2 Å². The Morgan fingerprint density at radius 1 is 0.867 bits per heavy atom. The molecule has 0 aliphatic carbocycles. The lowest BCUT2D eigenvalue weighted by Crippen LogP contribution is -2.22. The van der Waals surface area contributed by atoms with E-state index in [0.717, 1.165) is 42.4 Å². The standard InChI is InChI=1S/C22H29N5O2S/c1-30(28,29)23-17-9-5-3-2-4-6-10-18-13-15-19(16-14-18)20-11-7-8-12-21(20)22-24-26-27-25-22/h7-8,11-16,23H,2-6,9-10,17H2,1H3,(H,24,25,26,27). The van der Waals surface area contributed by atoms with Crippen LogP contribution < -0.4 is 4.72 Å². The lowest BCUT2D eigenvalue weighted by molar-refractivity contribution is 0.569. The minimum absolute atomic E-state index is 0.543. The third-order valence-corrected chi connectivity index (χ3v) is 5.76. The quantitative estimate of drug-likeness (QED) is 0.426. The highest BCUT2D eigenvalue weighted by molar-refractivity contribution is 7.88. The number of hydrogen-bond donors (Lipinski definition) is 2. The zero-order valence-electron chi connectivity index (χ0n) is 17.3. The summed E-state index contributed by atoms with van der Waals surface area (Å²) < 4.78 is 24.5. The Balaban J connectivity index is 1.41. The van der Waals surface area contributed by atoms with E-state index in [1.165, 1.54) is 31.1 Å². The molecule has 0 fully saturated rings. The molecule has 2 N–H and O–H groups in total. The first-order valence-electron chi connectivity index (χ1n) is 10.4. The summed E-state index contributed by atoms with van der Waals surface area (Å²) in [5.74, 6) is 0.599. The molecule has 0 bridgehead atoms. The van der Waals surface area contributed by atoms with Crippen LogP contribution in [0.25, 0.3) is 22.5 Å². The maximum Gasteiger partial charge on any atom is 0.208 e. The van der Waals surface area contributed by atoms with E-state index in [4.69, 9.17) is 0 Å². The maximum atomic E-state index is 11.0. The van der Waals surface area contributed by atoms with Crippen LogP contribution in [0.4, 0.5) is 0 Å². The van der Waals surface area contributed by atoms with Crippen LogP contribution in [0.15, 0.2) is 48.5 Å². The summed E-state index contributed by atoms with van der Waals surface area (Å²) in [5.41, 5.74) is 4.54. The van der Waals surface area contributed by atoms with Crippen LogP contribution in [0.3, 0.4) is 0 Å². The van der Waals surface area contributed by atoms with Crippen LogP contribution >= 0.6 is 0 Å². The van der Waals surface area contributed by atoms with E-state index in [2.05, 4.69) is 55.7 Å². The fraction of sp³-hybridized carbons (Fsp3) is 0.409. The molecule has 1 aromatic heterocycles. The Morgan fingerprint density at radius 3 is 2.20 bits per heavy atom. The molecule has 0 saturated carbocycles. The van der Waals surface area contributed by atoms with E-state index in [0.29, 0.717) is 12.4 Å². The second-order valence-electron chi connectivity index (χ2n) is 7.52. The number of nitrogens with zero attached hydrogens (tertiary/aromatic N) is 3. The van der Waals surface area contributed by atoms with Crippen molar-refractivity contribution >= 4 is 10.0 Å². The lowest BCUT2D eigenvalue weighted by atomic mass is 9.97. The smallest absolute Gasteiger partial charge is 0.208 e. The summed E-state index contributed by atoms with van der Waals surface area (Å²) in [7, 11) is -3.05. The number of hydrogen-bond acceptors (Lipinski definition) is 5. The summed E-state index contributed by atoms with van der Waals surface area (Å²) >= 11 is 0. The van der Waals surface area contributed by atoms with Crippen LogP contribution in [0.1, 0.15) is 44.1 Å². The SMILES string of the molecule is CS(=O)(=O)NCCCCCCCCc1ccc(-c2ccccc2-c2nn[nH]n2)cc1. The second-order valence-corrected chi connectivity index (χ2v) is 9.35. The molecule has 2 aromatic carbocycles. The van der Waals surface area contributed by atoms with E-state index in [-0.39, 0.29) is 0 Å². The molecule has 3 rings (SSSR count). The summed E-state index contributed by atoms with van der Waals surface area (Å²) in [6.07, 6.45) is 8.94. The molecule has 0 saturated heterocycles. The van der Waals surface area contributed by atoms with E-state index < -0.39 is 10.0 Å². The number of sulfonamides is 1. The highest BCUT2D eigenvalue weighted by atomic mass is 32.2. The van der Waals surface area contributed by atoms with Gasteiger partial charge in [0.05, 0.1) is 6.26 Å². The van der Waals surface area contributed by atoms with Gasteiger partial charge in [-0.05, 0) is 41.2 Å². The first kappa shape index (κ1) is 22.1. The van der Waals surface area contributed by atoms with Crippen molar-refractivity contribution in [1.29, 1.82) is 0 Å². The molecule has 0 aliphatic rings.